The minimum atomic E-state index is 0.516. The fourth-order valence-corrected chi connectivity index (χ4v) is 11.3. The second-order valence-corrected chi connectivity index (χ2v) is 18.8. The van der Waals surface area contributed by atoms with Gasteiger partial charge in [0.25, 0.3) is 0 Å². The zero-order valence-electron chi connectivity index (χ0n) is 41.3. The quantitative estimate of drug-likeness (QED) is 0.121. The first-order chi connectivity index (χ1) is 37.2. The number of fused-ring (bicyclic) bond motifs is 2. The molecule has 0 radical (unpaired) electrons. The highest BCUT2D eigenvalue weighted by atomic mass is 16.5. The van der Waals surface area contributed by atoms with Crippen LogP contribution in [0.4, 0.5) is 0 Å². The van der Waals surface area contributed by atoms with Crippen molar-refractivity contribution in [1.29, 1.82) is 0 Å². The number of methoxy groups -OCH3 is 1. The minimum Gasteiger partial charge on any atom is -0.497 e. The van der Waals surface area contributed by atoms with Gasteiger partial charge in [-0.1, -0.05) is 243 Å². The predicted octanol–water partition coefficient (Wildman–Crippen LogP) is 19.7. The van der Waals surface area contributed by atoms with Crippen molar-refractivity contribution in [2.75, 3.05) is 7.11 Å². The van der Waals surface area contributed by atoms with Gasteiger partial charge >= 0.3 is 0 Å². The lowest BCUT2D eigenvalue weighted by molar-refractivity contribution is 0.415. The number of nitrogens with zero attached hydrogens (tertiary/aromatic N) is 1. The molecule has 0 fully saturated rings. The summed E-state index contributed by atoms with van der Waals surface area (Å²) in [6.45, 7) is 0. The Morgan fingerprint density at radius 1 is 0.280 bits per heavy atom. The topological polar surface area (TPSA) is 35.3 Å². The minimum absolute atomic E-state index is 0.516. The highest BCUT2D eigenvalue weighted by Gasteiger charge is 2.33. The molecule has 0 spiro atoms. The maximum absolute atomic E-state index is 7.39. The van der Waals surface area contributed by atoms with Gasteiger partial charge in [0.2, 0.25) is 5.89 Å². The molecule has 0 unspecified atom stereocenters. The van der Waals surface area contributed by atoms with E-state index in [-0.39, 0.29) is 0 Å². The Bertz CT molecular complexity index is 3900. The van der Waals surface area contributed by atoms with E-state index in [9.17, 15) is 0 Å². The van der Waals surface area contributed by atoms with Crippen molar-refractivity contribution in [1.82, 2.24) is 4.98 Å². The van der Waals surface area contributed by atoms with E-state index in [0.29, 0.717) is 11.7 Å². The van der Waals surface area contributed by atoms with Crippen LogP contribution in [0.1, 0.15) is 0 Å². The van der Waals surface area contributed by atoms with E-state index < -0.39 is 0 Å². The van der Waals surface area contributed by atoms with Crippen LogP contribution >= 0.6 is 0 Å². The monoisotopic (exact) mass is 959 g/mol. The van der Waals surface area contributed by atoms with Crippen molar-refractivity contribution in [2.24, 2.45) is 0 Å². The molecule has 0 aliphatic rings. The van der Waals surface area contributed by atoms with E-state index in [1.54, 1.807) is 7.11 Å². The van der Waals surface area contributed by atoms with Gasteiger partial charge in [0.1, 0.15) is 5.75 Å². The molecule has 1 aromatic heterocycles. The first-order valence-electron chi connectivity index (χ1n) is 25.5. The zero-order valence-corrected chi connectivity index (χ0v) is 41.3. The molecule has 0 bridgehead atoms. The van der Waals surface area contributed by atoms with E-state index in [2.05, 4.69) is 249 Å². The first-order valence-corrected chi connectivity index (χ1v) is 25.5. The molecule has 0 N–H and O–H groups in total. The van der Waals surface area contributed by atoms with Crippen molar-refractivity contribution >= 4 is 21.5 Å². The Hall–Kier alpha value is -9.83. The number of ether oxygens (including phenoxy) is 1. The van der Waals surface area contributed by atoms with Crippen molar-refractivity contribution in [2.45, 2.75) is 0 Å². The number of rotatable bonds is 11. The third-order valence-corrected chi connectivity index (χ3v) is 14.5. The molecule has 75 heavy (non-hydrogen) atoms. The Morgan fingerprint density at radius 2 is 0.560 bits per heavy atom. The molecule has 3 heteroatoms. The predicted molar refractivity (Wildman–Crippen MR) is 312 cm³/mol. The molecular formula is C72H49NO2. The lowest BCUT2D eigenvalue weighted by Gasteiger charge is -2.29. The molecule has 0 aliphatic carbocycles. The summed E-state index contributed by atoms with van der Waals surface area (Å²) in [5.41, 5.74) is 19.5. The lowest BCUT2D eigenvalue weighted by Crippen LogP contribution is -2.02. The molecule has 13 aromatic rings. The molecule has 354 valence electrons. The van der Waals surface area contributed by atoms with Gasteiger partial charge in [0.15, 0.2) is 5.76 Å². The van der Waals surface area contributed by atoms with Crippen LogP contribution in [-0.2, 0) is 0 Å². The second-order valence-electron chi connectivity index (χ2n) is 18.8. The van der Waals surface area contributed by atoms with Crippen LogP contribution < -0.4 is 4.74 Å². The van der Waals surface area contributed by atoms with Gasteiger partial charge in [-0.2, -0.15) is 0 Å². The first kappa shape index (κ1) is 45.1. The Kier molecular flexibility index (Phi) is 11.8. The van der Waals surface area contributed by atoms with Gasteiger partial charge in [-0.15, -0.1) is 0 Å². The third-order valence-electron chi connectivity index (χ3n) is 14.5. The van der Waals surface area contributed by atoms with Crippen LogP contribution in [0.15, 0.2) is 284 Å². The summed E-state index contributed by atoms with van der Waals surface area (Å²) in [5, 5.41) is 4.23. The van der Waals surface area contributed by atoms with Crippen LogP contribution in [0.2, 0.25) is 0 Å². The largest absolute Gasteiger partial charge is 0.497 e. The van der Waals surface area contributed by atoms with Crippen molar-refractivity contribution in [3.8, 4) is 118 Å². The summed E-state index contributed by atoms with van der Waals surface area (Å²) < 4.78 is 13.0. The number of hydrogen-bond donors (Lipinski definition) is 0. The summed E-state index contributed by atoms with van der Waals surface area (Å²) in [6, 6.07) is 97.9. The fraction of sp³-hybridized carbons (Fsp3) is 0.0139. The second kappa shape index (κ2) is 19.6. The van der Waals surface area contributed by atoms with Gasteiger partial charge < -0.3 is 9.15 Å². The van der Waals surface area contributed by atoms with Crippen LogP contribution in [-0.4, -0.2) is 12.1 Å². The fourth-order valence-electron chi connectivity index (χ4n) is 11.3. The molecule has 0 aliphatic heterocycles. The van der Waals surface area contributed by atoms with E-state index in [1.807, 2.05) is 30.5 Å². The van der Waals surface area contributed by atoms with E-state index >= 15 is 0 Å². The molecule has 3 nitrogen and oxygen atoms in total. The molecule has 0 saturated carbocycles. The van der Waals surface area contributed by atoms with Crippen molar-refractivity contribution in [3.05, 3.63) is 279 Å². The van der Waals surface area contributed by atoms with Crippen LogP contribution in [0.25, 0.3) is 133 Å². The number of aromatic nitrogens is 1. The van der Waals surface area contributed by atoms with Gasteiger partial charge in [-0.25, -0.2) is 4.98 Å². The van der Waals surface area contributed by atoms with Crippen LogP contribution in [0.5, 0.6) is 5.75 Å². The van der Waals surface area contributed by atoms with Crippen molar-refractivity contribution < 1.29 is 9.15 Å². The smallest absolute Gasteiger partial charge is 0.228 e. The average molecular weight is 960 g/mol. The molecule has 13 rings (SSSR count). The average Bonchev–Trinajstić information content (AvgIpc) is 4.10. The van der Waals surface area contributed by atoms with Crippen molar-refractivity contribution in [3.63, 3.8) is 0 Å². The Balaban J connectivity index is 1.39. The SMILES string of the molecule is COc1ccc(-c2cnc(-c3c4c(-c5ccccc5)c(-c5ccccc5)c(-c5ccccc5)c(-c5ccccc5)c4cc4c(-c5ccccc5)c(-c5ccccc5)c(-c5ccccc5)c(-c5ccccc5)c34)o2)cc1. The highest BCUT2D eigenvalue weighted by Crippen LogP contribution is 2.59. The molecule has 0 amide bonds. The van der Waals surface area contributed by atoms with Gasteiger partial charge in [-0.3, -0.25) is 0 Å². The Labute approximate surface area is 437 Å². The molecule has 1 heterocycles. The summed E-state index contributed by atoms with van der Waals surface area (Å²) in [7, 11) is 1.69. The summed E-state index contributed by atoms with van der Waals surface area (Å²) in [5.74, 6) is 1.94. The van der Waals surface area contributed by atoms with E-state index in [0.717, 1.165) is 127 Å². The number of oxazole rings is 1. The zero-order chi connectivity index (χ0) is 50.1. The van der Waals surface area contributed by atoms with Gasteiger partial charge in [-0.05, 0) is 130 Å². The van der Waals surface area contributed by atoms with E-state index in [4.69, 9.17) is 14.1 Å². The van der Waals surface area contributed by atoms with E-state index in [1.165, 1.54) is 0 Å². The normalized spacial score (nSPS) is 11.3. The van der Waals surface area contributed by atoms with Crippen LogP contribution in [0.3, 0.4) is 0 Å². The molecule has 0 saturated heterocycles. The number of hydrogen-bond acceptors (Lipinski definition) is 3. The summed E-state index contributed by atoms with van der Waals surface area (Å²) in [6.07, 6.45) is 1.88. The third kappa shape index (κ3) is 8.08. The maximum Gasteiger partial charge on any atom is 0.228 e. The molecular weight excluding hydrogens is 911 g/mol. The standard InChI is InChI=1S/C72H49NO2/c1-74-57-44-42-48(43-45-57)60-47-73-72(75-60)71-69-58(61(49-26-10-2-11-27-49)63(51-30-14-4-15-31-51)65(53-34-18-6-19-35-53)67(69)55-38-22-8-23-39-55)46-59-62(50-28-12-3-13-29-50)64(52-32-16-5-17-33-52)66(54-36-20-7-21-37-54)68(70(59)71)56-40-24-9-25-41-56/h2-47H,1H3. The van der Waals surface area contributed by atoms with Gasteiger partial charge in [0, 0.05) is 16.3 Å². The van der Waals surface area contributed by atoms with Crippen LogP contribution in [0, 0.1) is 0 Å². The summed E-state index contributed by atoms with van der Waals surface area (Å²) in [4.78, 5) is 5.45. The lowest BCUT2D eigenvalue weighted by atomic mass is 9.73. The molecule has 12 aromatic carbocycles. The van der Waals surface area contributed by atoms with Gasteiger partial charge in [0.05, 0.1) is 18.9 Å². The molecule has 0 atom stereocenters. The maximum atomic E-state index is 7.39. The Morgan fingerprint density at radius 3 is 0.867 bits per heavy atom. The highest BCUT2D eigenvalue weighted by molar-refractivity contribution is 6.32. The number of benzene rings is 12. The summed E-state index contributed by atoms with van der Waals surface area (Å²) >= 11 is 0.